The van der Waals surface area contributed by atoms with Crippen molar-refractivity contribution in [3.8, 4) is 0 Å². The number of para-hydroxylation sites is 1. The number of aromatic nitrogens is 5. The summed E-state index contributed by atoms with van der Waals surface area (Å²) in [5.41, 5.74) is 0.336. The summed E-state index contributed by atoms with van der Waals surface area (Å²) < 4.78 is 43.1. The fourth-order valence-electron chi connectivity index (χ4n) is 3.21. The van der Waals surface area contributed by atoms with Gasteiger partial charge in [-0.05, 0) is 12.1 Å². The van der Waals surface area contributed by atoms with Gasteiger partial charge in [0.15, 0.2) is 0 Å². The number of morpholine rings is 1. The van der Waals surface area contributed by atoms with Gasteiger partial charge in [0, 0.05) is 13.1 Å². The largest absolute Gasteiger partial charge is 0.453 e. The van der Waals surface area contributed by atoms with Gasteiger partial charge >= 0.3 is 6.18 Å². The van der Waals surface area contributed by atoms with E-state index in [1.165, 1.54) is 0 Å². The number of hydrogen-bond acceptors (Lipinski definition) is 7. The first kappa shape index (κ1) is 20.9. The summed E-state index contributed by atoms with van der Waals surface area (Å²) in [6, 6.07) is 6.98. The molecule has 3 aromatic rings. The van der Waals surface area contributed by atoms with Crippen LogP contribution in [0.25, 0.3) is 10.9 Å². The van der Waals surface area contributed by atoms with E-state index in [0.717, 1.165) is 0 Å². The lowest BCUT2D eigenvalue weighted by molar-refractivity contribution is -0.144. The van der Waals surface area contributed by atoms with Crippen LogP contribution < -0.4 is 10.9 Å². The third-order valence-corrected chi connectivity index (χ3v) is 4.69. The predicted molar refractivity (Wildman–Crippen MR) is 101 cm³/mol. The van der Waals surface area contributed by atoms with E-state index in [2.05, 4.69) is 30.5 Å². The summed E-state index contributed by atoms with van der Waals surface area (Å²) in [6.07, 6.45) is -5.49. The second-order valence-corrected chi connectivity index (χ2v) is 6.95. The van der Waals surface area contributed by atoms with Gasteiger partial charge in [-0.2, -0.15) is 13.2 Å². The number of carbonyl (C=O) groups excluding carboxylic acids is 1. The van der Waals surface area contributed by atoms with Crippen LogP contribution in [0.3, 0.4) is 0 Å². The lowest BCUT2D eigenvalue weighted by Gasteiger charge is -2.31. The number of nitrogens with zero attached hydrogens (tertiary/aromatic N) is 4. The lowest BCUT2D eigenvalue weighted by Crippen LogP contribution is -2.49. The van der Waals surface area contributed by atoms with Crippen LogP contribution >= 0.6 is 0 Å². The third-order valence-electron chi connectivity index (χ3n) is 4.69. The van der Waals surface area contributed by atoms with E-state index in [9.17, 15) is 22.8 Å². The Kier molecular flexibility index (Phi) is 5.69. The number of ether oxygens (including phenoxy) is 1. The Hall–Kier alpha value is -3.32. The van der Waals surface area contributed by atoms with Gasteiger partial charge in [-0.25, -0.2) is 9.97 Å². The van der Waals surface area contributed by atoms with Crippen molar-refractivity contribution in [2.45, 2.75) is 25.4 Å². The zero-order valence-electron chi connectivity index (χ0n) is 16.1. The van der Waals surface area contributed by atoms with Crippen LogP contribution in [0.4, 0.5) is 13.2 Å². The van der Waals surface area contributed by atoms with Crippen molar-refractivity contribution < 1.29 is 22.7 Å². The van der Waals surface area contributed by atoms with Crippen molar-refractivity contribution in [3.63, 3.8) is 0 Å². The molecule has 1 unspecified atom stereocenters. The molecule has 1 amide bonds. The highest BCUT2D eigenvalue weighted by Gasteiger charge is 2.36. The van der Waals surface area contributed by atoms with Crippen molar-refractivity contribution in [1.29, 1.82) is 0 Å². The molecule has 1 fully saturated rings. The molecule has 4 rings (SSSR count). The number of rotatable bonds is 5. The number of H-pyrrole nitrogens is 2. The summed E-state index contributed by atoms with van der Waals surface area (Å²) in [7, 11) is 0. The molecule has 0 spiro atoms. The molecule has 0 radical (unpaired) electrons. The minimum absolute atomic E-state index is 0.119. The predicted octanol–water partition coefficient (Wildman–Crippen LogP) is 0.577. The van der Waals surface area contributed by atoms with Crippen LogP contribution in [-0.4, -0.2) is 61.8 Å². The van der Waals surface area contributed by atoms with Crippen LogP contribution in [0.2, 0.25) is 0 Å². The van der Waals surface area contributed by atoms with Crippen LogP contribution in [0, 0.1) is 0 Å². The van der Waals surface area contributed by atoms with E-state index in [-0.39, 0.29) is 31.1 Å². The number of amides is 1. The van der Waals surface area contributed by atoms with E-state index >= 15 is 0 Å². The first-order chi connectivity index (χ1) is 14.8. The summed E-state index contributed by atoms with van der Waals surface area (Å²) in [5.74, 6) is -1.44. The molecule has 1 aromatic carbocycles. The SMILES string of the molecule is O=C(NCc1nc(C(F)(F)F)n[nH]1)C1CN(Cc2nc3ccccc3c(=O)[nH]2)CCO1. The molecule has 3 N–H and O–H groups in total. The van der Waals surface area contributed by atoms with Crippen LogP contribution in [-0.2, 0) is 28.8 Å². The quantitative estimate of drug-likeness (QED) is 0.533. The topological polar surface area (TPSA) is 129 Å². The summed E-state index contributed by atoms with van der Waals surface area (Å²) >= 11 is 0. The minimum atomic E-state index is -4.66. The van der Waals surface area contributed by atoms with Crippen molar-refractivity contribution >= 4 is 16.8 Å². The Balaban J connectivity index is 1.35. The molecule has 1 saturated heterocycles. The van der Waals surface area contributed by atoms with E-state index in [4.69, 9.17) is 4.74 Å². The molecule has 1 aliphatic rings. The van der Waals surface area contributed by atoms with Gasteiger partial charge in [-0.1, -0.05) is 12.1 Å². The number of halogens is 3. The monoisotopic (exact) mass is 437 g/mol. The van der Waals surface area contributed by atoms with E-state index in [0.29, 0.717) is 29.8 Å². The van der Waals surface area contributed by atoms with Gasteiger partial charge in [-0.3, -0.25) is 19.6 Å². The molecule has 31 heavy (non-hydrogen) atoms. The summed E-state index contributed by atoms with van der Waals surface area (Å²) in [4.78, 5) is 37.0. The number of nitrogens with one attached hydrogen (secondary N) is 3. The maximum atomic E-state index is 12.5. The Morgan fingerprint density at radius 2 is 2.06 bits per heavy atom. The van der Waals surface area contributed by atoms with E-state index in [1.807, 2.05) is 4.90 Å². The van der Waals surface area contributed by atoms with E-state index < -0.39 is 24.0 Å². The van der Waals surface area contributed by atoms with Gasteiger partial charge in [0.1, 0.15) is 17.8 Å². The lowest BCUT2D eigenvalue weighted by atomic mass is 10.2. The number of carbonyl (C=O) groups is 1. The highest BCUT2D eigenvalue weighted by molar-refractivity contribution is 5.81. The standard InChI is InChI=1S/C18H18F3N7O3/c19-18(20,21)17-25-13(26-27-17)7-22-16(30)12-8-28(5-6-31-12)9-14-23-11-4-2-1-3-10(11)15(29)24-14/h1-4,12H,5-9H2,(H,22,30)(H,23,24,29)(H,25,26,27). The highest BCUT2D eigenvalue weighted by atomic mass is 19.4. The van der Waals surface area contributed by atoms with Gasteiger partial charge in [-0.15, -0.1) is 5.10 Å². The molecule has 10 nitrogen and oxygen atoms in total. The van der Waals surface area contributed by atoms with Gasteiger partial charge in [0.2, 0.25) is 0 Å². The fraction of sp³-hybridized carbons (Fsp3) is 0.389. The number of aromatic amines is 2. The molecule has 1 atom stereocenters. The number of alkyl halides is 3. The van der Waals surface area contributed by atoms with E-state index in [1.54, 1.807) is 24.3 Å². The van der Waals surface area contributed by atoms with Crippen molar-refractivity contribution in [1.82, 2.24) is 35.4 Å². The first-order valence-electron chi connectivity index (χ1n) is 9.37. The van der Waals surface area contributed by atoms with Gasteiger partial charge in [0.05, 0.1) is 30.6 Å². The van der Waals surface area contributed by atoms with Crippen molar-refractivity contribution in [3.05, 3.63) is 52.1 Å². The highest BCUT2D eigenvalue weighted by Crippen LogP contribution is 2.25. The summed E-state index contributed by atoms with van der Waals surface area (Å²) in [6.45, 7) is 1.09. The van der Waals surface area contributed by atoms with Crippen LogP contribution in [0.1, 0.15) is 17.5 Å². The Labute approximate surface area is 172 Å². The molecule has 13 heteroatoms. The number of benzene rings is 1. The molecule has 164 valence electrons. The molecular weight excluding hydrogens is 419 g/mol. The van der Waals surface area contributed by atoms with Crippen LogP contribution in [0.5, 0.6) is 0 Å². The first-order valence-corrected chi connectivity index (χ1v) is 9.37. The maximum absolute atomic E-state index is 12.5. The van der Waals surface area contributed by atoms with Gasteiger partial charge in [0.25, 0.3) is 17.3 Å². The third kappa shape index (κ3) is 4.88. The van der Waals surface area contributed by atoms with Crippen molar-refractivity contribution in [2.75, 3.05) is 19.7 Å². The normalized spacial score (nSPS) is 17.7. The average molecular weight is 437 g/mol. The Morgan fingerprint density at radius 3 is 2.84 bits per heavy atom. The number of hydrogen-bond donors (Lipinski definition) is 3. The van der Waals surface area contributed by atoms with Gasteiger partial charge < -0.3 is 15.0 Å². The summed E-state index contributed by atoms with van der Waals surface area (Å²) in [5, 5.41) is 8.20. The Bertz CT molecular complexity index is 1140. The zero-order chi connectivity index (χ0) is 22.0. The second-order valence-electron chi connectivity index (χ2n) is 6.95. The smallest absolute Gasteiger partial charge is 0.366 e. The van der Waals surface area contributed by atoms with Crippen LogP contribution in [0.15, 0.2) is 29.1 Å². The minimum Gasteiger partial charge on any atom is -0.366 e. The molecular formula is C18H18F3N7O3. The second kappa shape index (κ2) is 8.43. The molecule has 0 saturated carbocycles. The maximum Gasteiger partial charge on any atom is 0.453 e. The molecule has 0 bridgehead atoms. The zero-order valence-corrected chi connectivity index (χ0v) is 16.1. The molecule has 1 aliphatic heterocycles. The molecule has 2 aromatic heterocycles. The molecule has 0 aliphatic carbocycles. The molecule has 3 heterocycles. The fourth-order valence-corrected chi connectivity index (χ4v) is 3.21. The average Bonchev–Trinajstić information content (AvgIpc) is 3.22. The Morgan fingerprint density at radius 1 is 1.26 bits per heavy atom. The van der Waals surface area contributed by atoms with Crippen molar-refractivity contribution in [2.24, 2.45) is 0 Å². The number of fused-ring (bicyclic) bond motifs is 1.